The van der Waals surface area contributed by atoms with Crippen LogP contribution >= 0.6 is 0 Å². The standard InChI is InChI=1S/C14H18/c1-3-4-8-13(2)11-12-14-9-6-5-7-10-14/h5-7,9-12H,2-4,8H2,1H3/b12-11+. The van der Waals surface area contributed by atoms with Gasteiger partial charge in [0.2, 0.25) is 0 Å². The number of rotatable bonds is 5. The fraction of sp³-hybridized carbons (Fsp3) is 0.286. The maximum atomic E-state index is 4.02. The molecule has 0 saturated carbocycles. The average Bonchev–Trinajstić information content (AvgIpc) is 2.25. The summed E-state index contributed by atoms with van der Waals surface area (Å²) in [5, 5.41) is 0. The van der Waals surface area contributed by atoms with Crippen LogP contribution < -0.4 is 0 Å². The molecule has 0 unspecified atom stereocenters. The Hall–Kier alpha value is -1.30. The van der Waals surface area contributed by atoms with E-state index in [1.54, 1.807) is 0 Å². The summed E-state index contributed by atoms with van der Waals surface area (Å²) in [5.41, 5.74) is 2.46. The first kappa shape index (κ1) is 10.8. The fourth-order valence-electron chi connectivity index (χ4n) is 1.27. The highest BCUT2D eigenvalue weighted by molar-refractivity contribution is 5.52. The van der Waals surface area contributed by atoms with Gasteiger partial charge < -0.3 is 0 Å². The van der Waals surface area contributed by atoms with E-state index < -0.39 is 0 Å². The Balaban J connectivity index is 2.44. The molecule has 0 aromatic heterocycles. The lowest BCUT2D eigenvalue weighted by molar-refractivity contribution is 0.800. The highest BCUT2D eigenvalue weighted by Gasteiger charge is 1.88. The molecule has 0 aliphatic heterocycles. The number of allylic oxidation sites excluding steroid dienone is 2. The minimum absolute atomic E-state index is 1.11. The van der Waals surface area contributed by atoms with Crippen molar-refractivity contribution >= 4 is 6.08 Å². The maximum Gasteiger partial charge on any atom is -0.0257 e. The van der Waals surface area contributed by atoms with Crippen LogP contribution in [0.2, 0.25) is 0 Å². The van der Waals surface area contributed by atoms with E-state index in [0.717, 1.165) is 6.42 Å². The molecule has 1 rings (SSSR count). The van der Waals surface area contributed by atoms with Gasteiger partial charge in [0, 0.05) is 0 Å². The monoisotopic (exact) mass is 186 g/mol. The van der Waals surface area contributed by atoms with Crippen molar-refractivity contribution in [2.75, 3.05) is 0 Å². The summed E-state index contributed by atoms with van der Waals surface area (Å²) in [5.74, 6) is 0. The Bertz CT molecular complexity index is 293. The van der Waals surface area contributed by atoms with Crippen molar-refractivity contribution in [2.45, 2.75) is 26.2 Å². The van der Waals surface area contributed by atoms with Crippen LogP contribution in [-0.4, -0.2) is 0 Å². The van der Waals surface area contributed by atoms with Gasteiger partial charge in [-0.15, -0.1) is 0 Å². The first-order valence-corrected chi connectivity index (χ1v) is 5.24. The lowest BCUT2D eigenvalue weighted by Gasteiger charge is -1.97. The van der Waals surface area contributed by atoms with Gasteiger partial charge >= 0.3 is 0 Å². The quantitative estimate of drug-likeness (QED) is 0.596. The second-order valence-corrected chi connectivity index (χ2v) is 3.51. The van der Waals surface area contributed by atoms with E-state index in [1.165, 1.54) is 24.0 Å². The van der Waals surface area contributed by atoms with Crippen LogP contribution in [0, 0.1) is 0 Å². The molecule has 0 fully saturated rings. The number of hydrogen-bond acceptors (Lipinski definition) is 0. The Morgan fingerprint density at radius 2 is 2.00 bits per heavy atom. The molecule has 0 radical (unpaired) electrons. The zero-order valence-electron chi connectivity index (χ0n) is 8.87. The topological polar surface area (TPSA) is 0 Å². The molecule has 0 aliphatic carbocycles. The van der Waals surface area contributed by atoms with Crippen LogP contribution in [0.15, 0.2) is 48.6 Å². The third-order valence-corrected chi connectivity index (χ3v) is 2.16. The van der Waals surface area contributed by atoms with Crippen LogP contribution in [0.4, 0.5) is 0 Å². The first-order chi connectivity index (χ1) is 6.83. The Morgan fingerprint density at radius 3 is 2.64 bits per heavy atom. The predicted octanol–water partition coefficient (Wildman–Crippen LogP) is 4.45. The molecule has 0 aliphatic rings. The van der Waals surface area contributed by atoms with Crippen molar-refractivity contribution in [3.8, 4) is 0 Å². The molecule has 0 amide bonds. The molecule has 0 atom stereocenters. The molecule has 0 heteroatoms. The summed E-state index contributed by atoms with van der Waals surface area (Å²) < 4.78 is 0. The van der Waals surface area contributed by atoms with Crippen LogP contribution in [0.5, 0.6) is 0 Å². The highest BCUT2D eigenvalue weighted by atomic mass is 13.9. The van der Waals surface area contributed by atoms with Crippen molar-refractivity contribution in [1.82, 2.24) is 0 Å². The molecule has 74 valence electrons. The second-order valence-electron chi connectivity index (χ2n) is 3.51. The van der Waals surface area contributed by atoms with Gasteiger partial charge in [0.1, 0.15) is 0 Å². The lowest BCUT2D eigenvalue weighted by Crippen LogP contribution is -1.76. The van der Waals surface area contributed by atoms with Crippen LogP contribution in [0.25, 0.3) is 6.08 Å². The number of hydrogen-bond donors (Lipinski definition) is 0. The largest absolute Gasteiger partial charge is 0.0958 e. The van der Waals surface area contributed by atoms with Gasteiger partial charge in [0.25, 0.3) is 0 Å². The number of unbranched alkanes of at least 4 members (excludes halogenated alkanes) is 1. The van der Waals surface area contributed by atoms with E-state index in [-0.39, 0.29) is 0 Å². The van der Waals surface area contributed by atoms with Crippen molar-refractivity contribution in [3.05, 3.63) is 54.1 Å². The minimum Gasteiger partial charge on any atom is -0.0958 e. The molecule has 0 heterocycles. The van der Waals surface area contributed by atoms with Crippen molar-refractivity contribution in [3.63, 3.8) is 0 Å². The minimum atomic E-state index is 1.11. The summed E-state index contributed by atoms with van der Waals surface area (Å²) in [6, 6.07) is 10.3. The molecule has 1 aromatic carbocycles. The Labute approximate surface area is 87.0 Å². The van der Waals surface area contributed by atoms with Crippen molar-refractivity contribution in [2.24, 2.45) is 0 Å². The van der Waals surface area contributed by atoms with E-state index in [0.29, 0.717) is 0 Å². The molecule has 0 nitrogen and oxygen atoms in total. The van der Waals surface area contributed by atoms with Crippen LogP contribution in [-0.2, 0) is 0 Å². The molecule has 0 spiro atoms. The summed E-state index contributed by atoms with van der Waals surface area (Å²) in [7, 11) is 0. The smallest absolute Gasteiger partial charge is 0.0257 e. The van der Waals surface area contributed by atoms with Crippen LogP contribution in [0.3, 0.4) is 0 Å². The van der Waals surface area contributed by atoms with Gasteiger partial charge in [-0.05, 0) is 18.4 Å². The van der Waals surface area contributed by atoms with Gasteiger partial charge in [-0.2, -0.15) is 0 Å². The van der Waals surface area contributed by atoms with E-state index >= 15 is 0 Å². The normalized spacial score (nSPS) is 10.6. The zero-order valence-corrected chi connectivity index (χ0v) is 8.87. The molecule has 1 aromatic rings. The second kappa shape index (κ2) is 6.20. The maximum absolute atomic E-state index is 4.02. The fourth-order valence-corrected chi connectivity index (χ4v) is 1.27. The molecule has 0 saturated heterocycles. The predicted molar refractivity (Wildman–Crippen MR) is 64.1 cm³/mol. The molecule has 14 heavy (non-hydrogen) atoms. The highest BCUT2D eigenvalue weighted by Crippen LogP contribution is 2.09. The van der Waals surface area contributed by atoms with Crippen molar-refractivity contribution < 1.29 is 0 Å². The summed E-state index contributed by atoms with van der Waals surface area (Å²) in [6.45, 7) is 6.22. The van der Waals surface area contributed by atoms with E-state index in [2.05, 4.69) is 49.9 Å². The lowest BCUT2D eigenvalue weighted by atomic mass is 10.1. The average molecular weight is 186 g/mol. The molecule has 0 bridgehead atoms. The van der Waals surface area contributed by atoms with Gasteiger partial charge in [0.15, 0.2) is 0 Å². The summed E-state index contributed by atoms with van der Waals surface area (Å²) in [6.07, 6.45) is 7.82. The molecular formula is C14H18. The van der Waals surface area contributed by atoms with E-state index in [9.17, 15) is 0 Å². The first-order valence-electron chi connectivity index (χ1n) is 5.24. The van der Waals surface area contributed by atoms with E-state index in [4.69, 9.17) is 0 Å². The van der Waals surface area contributed by atoms with Crippen LogP contribution in [0.1, 0.15) is 31.7 Å². The SMILES string of the molecule is C=C(/C=C/c1ccccc1)CCCC. The summed E-state index contributed by atoms with van der Waals surface area (Å²) in [4.78, 5) is 0. The third kappa shape index (κ3) is 4.08. The zero-order chi connectivity index (χ0) is 10.2. The third-order valence-electron chi connectivity index (χ3n) is 2.16. The summed E-state index contributed by atoms with van der Waals surface area (Å²) >= 11 is 0. The van der Waals surface area contributed by atoms with Crippen molar-refractivity contribution in [1.29, 1.82) is 0 Å². The molecule has 0 N–H and O–H groups in total. The van der Waals surface area contributed by atoms with Gasteiger partial charge in [-0.1, -0.05) is 68.0 Å². The molecular weight excluding hydrogens is 168 g/mol. The van der Waals surface area contributed by atoms with Gasteiger partial charge in [-0.3, -0.25) is 0 Å². The van der Waals surface area contributed by atoms with Gasteiger partial charge in [0.05, 0.1) is 0 Å². The van der Waals surface area contributed by atoms with E-state index in [1.807, 2.05) is 6.07 Å². The Morgan fingerprint density at radius 1 is 1.29 bits per heavy atom. The van der Waals surface area contributed by atoms with Gasteiger partial charge in [-0.25, -0.2) is 0 Å². The Kier molecular flexibility index (Phi) is 4.77. The number of benzene rings is 1.